The topological polar surface area (TPSA) is 60.0 Å². The van der Waals surface area contributed by atoms with Gasteiger partial charge in [-0.2, -0.15) is 0 Å². The lowest BCUT2D eigenvalue weighted by Crippen LogP contribution is -2.04. The quantitative estimate of drug-likeness (QED) is 0.589. The number of nitrogens with two attached hydrogens (primary N) is 1. The molecule has 0 aliphatic rings. The normalized spacial score (nSPS) is 12.3. The van der Waals surface area contributed by atoms with E-state index in [2.05, 4.69) is 16.7 Å². The molecule has 0 radical (unpaired) electrons. The summed E-state index contributed by atoms with van der Waals surface area (Å²) in [5.74, 6) is 0.659. The highest BCUT2D eigenvalue weighted by Gasteiger charge is 1.96. The van der Waals surface area contributed by atoms with Crippen LogP contribution in [0.25, 0.3) is 0 Å². The van der Waals surface area contributed by atoms with Crippen molar-refractivity contribution in [2.45, 2.75) is 6.92 Å². The molecular formula is C11H13N3O. The van der Waals surface area contributed by atoms with Crippen LogP contribution in [0.5, 0.6) is 5.75 Å². The Kier molecular flexibility index (Phi) is 4.09. The summed E-state index contributed by atoms with van der Waals surface area (Å²) in [4.78, 5) is 7.55. The number of ether oxygens (including phenoxy) is 1. The molecule has 0 unspecified atom stereocenters. The van der Waals surface area contributed by atoms with E-state index in [-0.39, 0.29) is 6.02 Å². The molecule has 4 nitrogen and oxygen atoms in total. The first-order chi connectivity index (χ1) is 7.22. The first-order valence-corrected chi connectivity index (χ1v) is 4.42. The van der Waals surface area contributed by atoms with E-state index in [1.165, 1.54) is 6.20 Å². The number of amidine groups is 1. The predicted molar refractivity (Wildman–Crippen MR) is 62.0 cm³/mol. The molecule has 0 spiro atoms. The van der Waals surface area contributed by atoms with E-state index < -0.39 is 0 Å². The third kappa shape index (κ3) is 4.08. The zero-order valence-electron chi connectivity index (χ0n) is 8.55. The van der Waals surface area contributed by atoms with Crippen LogP contribution >= 0.6 is 0 Å². The fourth-order valence-corrected chi connectivity index (χ4v) is 0.850. The van der Waals surface area contributed by atoms with Crippen molar-refractivity contribution in [1.82, 2.24) is 0 Å². The van der Waals surface area contributed by atoms with Gasteiger partial charge in [-0.1, -0.05) is 18.2 Å². The fraction of sp³-hybridized carbons (Fsp3) is 0.0909. The highest BCUT2D eigenvalue weighted by molar-refractivity contribution is 5.81. The highest BCUT2D eigenvalue weighted by Crippen LogP contribution is 2.09. The summed E-state index contributed by atoms with van der Waals surface area (Å²) in [6.07, 6.45) is 1.47. The van der Waals surface area contributed by atoms with Crippen molar-refractivity contribution in [3.05, 3.63) is 42.2 Å². The van der Waals surface area contributed by atoms with E-state index in [0.717, 1.165) is 0 Å². The number of hydrogen-bond donors (Lipinski definition) is 1. The van der Waals surface area contributed by atoms with Gasteiger partial charge in [-0.25, -0.2) is 9.98 Å². The molecule has 0 saturated heterocycles. The Balaban J connectivity index is 2.75. The van der Waals surface area contributed by atoms with Gasteiger partial charge in [0.25, 0.3) is 0 Å². The van der Waals surface area contributed by atoms with Gasteiger partial charge in [0.1, 0.15) is 5.75 Å². The second-order valence-electron chi connectivity index (χ2n) is 2.86. The number of hydrogen-bond acceptors (Lipinski definition) is 3. The number of allylic oxidation sites excluding steroid dienone is 1. The van der Waals surface area contributed by atoms with Gasteiger partial charge in [0.2, 0.25) is 0 Å². The van der Waals surface area contributed by atoms with Crippen molar-refractivity contribution >= 4 is 12.7 Å². The number of rotatable bonds is 2. The first-order valence-electron chi connectivity index (χ1n) is 4.42. The van der Waals surface area contributed by atoms with Crippen LogP contribution in [-0.2, 0) is 0 Å². The van der Waals surface area contributed by atoms with E-state index in [1.807, 2.05) is 18.2 Å². The lowest BCUT2D eigenvalue weighted by molar-refractivity contribution is 0.543. The lowest BCUT2D eigenvalue weighted by atomic mass is 10.3. The van der Waals surface area contributed by atoms with Crippen LogP contribution in [0.1, 0.15) is 6.92 Å². The second-order valence-corrected chi connectivity index (χ2v) is 2.86. The molecule has 0 aliphatic heterocycles. The Morgan fingerprint density at radius 3 is 2.60 bits per heavy atom. The van der Waals surface area contributed by atoms with Gasteiger partial charge in [-0.05, 0) is 25.8 Å². The summed E-state index contributed by atoms with van der Waals surface area (Å²) in [5, 5.41) is 0. The van der Waals surface area contributed by atoms with Gasteiger partial charge in [0.15, 0.2) is 0 Å². The Hall–Kier alpha value is -2.10. The van der Waals surface area contributed by atoms with Crippen molar-refractivity contribution < 1.29 is 4.74 Å². The van der Waals surface area contributed by atoms with Gasteiger partial charge in [-0.3, -0.25) is 0 Å². The van der Waals surface area contributed by atoms with E-state index in [9.17, 15) is 0 Å². The molecule has 0 saturated carbocycles. The van der Waals surface area contributed by atoms with Crippen molar-refractivity contribution in [3.8, 4) is 5.75 Å². The van der Waals surface area contributed by atoms with Crippen LogP contribution in [0.15, 0.2) is 52.2 Å². The molecule has 0 amide bonds. The Morgan fingerprint density at radius 2 is 2.07 bits per heavy atom. The third-order valence-electron chi connectivity index (χ3n) is 1.47. The second kappa shape index (κ2) is 5.59. The Labute approximate surface area is 88.8 Å². The van der Waals surface area contributed by atoms with Crippen molar-refractivity contribution in [1.29, 1.82) is 0 Å². The average molecular weight is 203 g/mol. The number of benzene rings is 1. The summed E-state index contributed by atoms with van der Waals surface area (Å²) in [7, 11) is 0. The van der Waals surface area contributed by atoms with Gasteiger partial charge in [0, 0.05) is 5.70 Å². The van der Waals surface area contributed by atoms with Crippen LogP contribution < -0.4 is 10.5 Å². The van der Waals surface area contributed by atoms with E-state index >= 15 is 0 Å². The fourth-order valence-electron chi connectivity index (χ4n) is 0.850. The maximum Gasteiger partial charge on any atom is 0.321 e. The van der Waals surface area contributed by atoms with Gasteiger partial charge in [-0.15, -0.1) is 0 Å². The molecular weight excluding hydrogens is 190 g/mol. The maximum absolute atomic E-state index is 5.43. The van der Waals surface area contributed by atoms with Crippen LogP contribution in [-0.4, -0.2) is 12.7 Å². The summed E-state index contributed by atoms with van der Waals surface area (Å²) in [6.45, 7) is 5.09. The average Bonchev–Trinajstić information content (AvgIpc) is 2.25. The summed E-state index contributed by atoms with van der Waals surface area (Å²) >= 11 is 0. The summed E-state index contributed by atoms with van der Waals surface area (Å²) < 4.78 is 5.33. The monoisotopic (exact) mass is 203 g/mol. The van der Waals surface area contributed by atoms with Crippen molar-refractivity contribution in [2.24, 2.45) is 15.7 Å². The summed E-state index contributed by atoms with van der Waals surface area (Å²) in [6, 6.07) is 9.40. The van der Waals surface area contributed by atoms with Gasteiger partial charge in [0.05, 0.1) is 6.20 Å². The standard InChI is InChI=1S/C11H13N3O/c1-9(12)8-14-11(13-2)15-10-6-4-3-5-7-10/h3-8H,2,12H2,1H3/b9-8+,14-11+. The van der Waals surface area contributed by atoms with Gasteiger partial charge < -0.3 is 10.5 Å². The molecule has 0 heterocycles. The number of nitrogens with zero attached hydrogens (tertiary/aromatic N) is 2. The Morgan fingerprint density at radius 1 is 1.40 bits per heavy atom. The maximum atomic E-state index is 5.43. The van der Waals surface area contributed by atoms with E-state index in [4.69, 9.17) is 10.5 Å². The molecule has 15 heavy (non-hydrogen) atoms. The highest BCUT2D eigenvalue weighted by atomic mass is 16.5. The van der Waals surface area contributed by atoms with Crippen LogP contribution in [0.2, 0.25) is 0 Å². The predicted octanol–water partition coefficient (Wildman–Crippen LogP) is 1.94. The molecule has 0 aromatic heterocycles. The zero-order valence-corrected chi connectivity index (χ0v) is 8.55. The van der Waals surface area contributed by atoms with E-state index in [0.29, 0.717) is 11.4 Å². The van der Waals surface area contributed by atoms with E-state index in [1.54, 1.807) is 19.1 Å². The van der Waals surface area contributed by atoms with Crippen LogP contribution in [0.4, 0.5) is 0 Å². The van der Waals surface area contributed by atoms with Crippen molar-refractivity contribution in [3.63, 3.8) is 0 Å². The molecule has 0 fully saturated rings. The SMILES string of the molecule is C=N/C(=N\C=C(/C)N)Oc1ccccc1. The molecule has 78 valence electrons. The largest absolute Gasteiger partial charge is 0.424 e. The minimum atomic E-state index is 0.172. The summed E-state index contributed by atoms with van der Waals surface area (Å²) in [5.41, 5.74) is 6.00. The third-order valence-corrected chi connectivity index (χ3v) is 1.47. The lowest BCUT2D eigenvalue weighted by Gasteiger charge is -2.02. The molecule has 1 rings (SSSR count). The molecule has 2 N–H and O–H groups in total. The molecule has 0 aliphatic carbocycles. The number of para-hydroxylation sites is 1. The van der Waals surface area contributed by atoms with Crippen LogP contribution in [0, 0.1) is 0 Å². The molecule has 4 heteroatoms. The molecule has 0 atom stereocenters. The smallest absolute Gasteiger partial charge is 0.321 e. The molecule has 0 bridgehead atoms. The zero-order chi connectivity index (χ0) is 11.1. The van der Waals surface area contributed by atoms with Crippen molar-refractivity contribution in [2.75, 3.05) is 0 Å². The molecule has 1 aromatic carbocycles. The minimum Gasteiger partial charge on any atom is -0.424 e. The van der Waals surface area contributed by atoms with Gasteiger partial charge >= 0.3 is 6.02 Å². The molecule has 1 aromatic rings. The Bertz CT molecular complexity index is 378. The van der Waals surface area contributed by atoms with Crippen LogP contribution in [0.3, 0.4) is 0 Å². The number of aliphatic imine (C=N–C) groups is 2. The first kappa shape index (κ1) is 11.0. The minimum absolute atomic E-state index is 0.172.